The first kappa shape index (κ1) is 47.9. The number of carbonyl (C=O) groups is 2. The van der Waals surface area contributed by atoms with Crippen LogP contribution in [0.2, 0.25) is 0 Å². The highest BCUT2D eigenvalue weighted by atomic mass is 16.7. The highest BCUT2D eigenvalue weighted by molar-refractivity contribution is 5.70. The molecule has 1 heterocycles. The van der Waals surface area contributed by atoms with Crippen LogP contribution in [-0.2, 0) is 28.5 Å². The van der Waals surface area contributed by atoms with Gasteiger partial charge in [-0.05, 0) is 32.1 Å². The van der Waals surface area contributed by atoms with E-state index in [4.69, 9.17) is 18.9 Å². The van der Waals surface area contributed by atoms with Gasteiger partial charge in [0, 0.05) is 12.8 Å². The van der Waals surface area contributed by atoms with Gasteiger partial charge < -0.3 is 39.4 Å². The number of hydrogen-bond donors (Lipinski definition) is 4. The molecule has 1 rings (SSSR count). The van der Waals surface area contributed by atoms with Crippen molar-refractivity contribution < 1.29 is 49.0 Å². The Kier molecular flexibility index (Phi) is 30.9. The van der Waals surface area contributed by atoms with Crippen LogP contribution in [0, 0.1) is 0 Å². The van der Waals surface area contributed by atoms with Crippen molar-refractivity contribution >= 4 is 11.9 Å². The predicted molar refractivity (Wildman–Crippen MR) is 206 cm³/mol. The summed E-state index contributed by atoms with van der Waals surface area (Å²) in [4.78, 5) is 25.2. The first-order valence-electron chi connectivity index (χ1n) is 20.6. The molecule has 302 valence electrons. The summed E-state index contributed by atoms with van der Waals surface area (Å²) in [5, 5.41) is 40.0. The smallest absolute Gasteiger partial charge is 0.306 e. The second-order valence-corrected chi connectivity index (χ2v) is 14.1. The summed E-state index contributed by atoms with van der Waals surface area (Å²) in [5.41, 5.74) is 0. The summed E-state index contributed by atoms with van der Waals surface area (Å²) >= 11 is 0. The van der Waals surface area contributed by atoms with Crippen LogP contribution in [0.15, 0.2) is 36.5 Å². The standard InChI is InChI=1S/C42H74O10/c1-3-5-7-9-11-13-15-17-19-20-22-24-26-28-30-37(44)49-33-35(34-50-42-41(48)40(47)39(46)36(32-43)52-42)51-38(45)31-29-27-25-23-21-18-16-14-12-10-8-6-4-2/h6,8,10,12,14,16,35-36,39-43,46-48H,3-5,7,9,11,13,15,17-34H2,1-2H3/b8-6+,12-10+,16-14+/t35?,36-,39+,40?,41?,42-/m0/s1. The SMILES string of the molecule is CC/C=C/C=C/C=C/CCCCCCCC(=O)OC(COC(=O)CCCCCCCCCCCCCCCC)CO[C@H]1O[C@@H](CO)[C@@H](O)C(O)C1O. The summed E-state index contributed by atoms with van der Waals surface area (Å²) in [6.45, 7) is 3.26. The van der Waals surface area contributed by atoms with Crippen molar-refractivity contribution in [1.82, 2.24) is 0 Å². The predicted octanol–water partition coefficient (Wildman–Crippen LogP) is 7.94. The summed E-state index contributed by atoms with van der Waals surface area (Å²) in [5.74, 6) is -0.829. The molecule has 10 heteroatoms. The van der Waals surface area contributed by atoms with Gasteiger partial charge in [0.2, 0.25) is 0 Å². The van der Waals surface area contributed by atoms with Gasteiger partial charge in [-0.2, -0.15) is 0 Å². The van der Waals surface area contributed by atoms with Crippen LogP contribution in [0.3, 0.4) is 0 Å². The fourth-order valence-electron chi connectivity index (χ4n) is 6.07. The Morgan fingerprint density at radius 1 is 0.615 bits per heavy atom. The number of rotatable bonds is 33. The molecule has 0 saturated carbocycles. The molecular formula is C42H74O10. The molecule has 1 fully saturated rings. The topological polar surface area (TPSA) is 152 Å². The minimum atomic E-state index is -1.60. The van der Waals surface area contributed by atoms with E-state index < -0.39 is 49.4 Å². The van der Waals surface area contributed by atoms with Crippen LogP contribution in [0.4, 0.5) is 0 Å². The van der Waals surface area contributed by atoms with Crippen molar-refractivity contribution in [2.24, 2.45) is 0 Å². The molecule has 4 N–H and O–H groups in total. The van der Waals surface area contributed by atoms with Crippen molar-refractivity contribution in [3.05, 3.63) is 36.5 Å². The second-order valence-electron chi connectivity index (χ2n) is 14.1. The van der Waals surface area contributed by atoms with Gasteiger partial charge in [0.05, 0.1) is 13.2 Å². The van der Waals surface area contributed by atoms with Crippen molar-refractivity contribution in [1.29, 1.82) is 0 Å². The van der Waals surface area contributed by atoms with Crippen LogP contribution in [0.1, 0.15) is 162 Å². The zero-order valence-corrected chi connectivity index (χ0v) is 32.6. The fourth-order valence-corrected chi connectivity index (χ4v) is 6.07. The molecule has 3 unspecified atom stereocenters. The van der Waals surface area contributed by atoms with Gasteiger partial charge in [-0.1, -0.05) is 153 Å². The Morgan fingerprint density at radius 3 is 1.69 bits per heavy atom. The van der Waals surface area contributed by atoms with Crippen molar-refractivity contribution in [2.75, 3.05) is 19.8 Å². The fraction of sp³-hybridized carbons (Fsp3) is 0.810. The highest BCUT2D eigenvalue weighted by Gasteiger charge is 2.44. The van der Waals surface area contributed by atoms with E-state index >= 15 is 0 Å². The van der Waals surface area contributed by atoms with Gasteiger partial charge in [0.15, 0.2) is 12.4 Å². The highest BCUT2D eigenvalue weighted by Crippen LogP contribution is 2.22. The van der Waals surface area contributed by atoms with Gasteiger partial charge in [0.1, 0.15) is 31.0 Å². The molecule has 0 radical (unpaired) electrons. The molecular weight excluding hydrogens is 664 g/mol. The zero-order valence-electron chi connectivity index (χ0n) is 32.6. The third-order valence-corrected chi connectivity index (χ3v) is 9.35. The summed E-state index contributed by atoms with van der Waals surface area (Å²) < 4.78 is 22.1. The van der Waals surface area contributed by atoms with E-state index in [9.17, 15) is 30.0 Å². The molecule has 6 atom stereocenters. The van der Waals surface area contributed by atoms with Crippen molar-refractivity contribution in [3.8, 4) is 0 Å². The summed E-state index contributed by atoms with van der Waals surface area (Å²) in [6.07, 6.45) is 28.7. The maximum atomic E-state index is 12.7. The Hall–Kier alpha value is -2.08. The molecule has 52 heavy (non-hydrogen) atoms. The van der Waals surface area contributed by atoms with E-state index in [1.165, 1.54) is 70.6 Å². The van der Waals surface area contributed by atoms with Crippen LogP contribution < -0.4 is 0 Å². The van der Waals surface area contributed by atoms with Crippen molar-refractivity contribution in [3.63, 3.8) is 0 Å². The molecule has 0 bridgehead atoms. The van der Waals surface area contributed by atoms with Crippen molar-refractivity contribution in [2.45, 2.75) is 198 Å². The average molecular weight is 739 g/mol. The minimum Gasteiger partial charge on any atom is -0.462 e. The molecule has 1 aliphatic rings. The van der Waals surface area contributed by atoms with E-state index in [2.05, 4.69) is 32.1 Å². The van der Waals surface area contributed by atoms with Gasteiger partial charge in [-0.25, -0.2) is 0 Å². The lowest BCUT2D eigenvalue weighted by molar-refractivity contribution is -0.305. The van der Waals surface area contributed by atoms with E-state index in [-0.39, 0.29) is 32.0 Å². The quantitative estimate of drug-likeness (QED) is 0.0297. The summed E-state index contributed by atoms with van der Waals surface area (Å²) in [7, 11) is 0. The normalized spacial score (nSPS) is 21.4. The molecule has 0 aliphatic carbocycles. The van der Waals surface area contributed by atoms with Crippen LogP contribution in [0.25, 0.3) is 0 Å². The first-order chi connectivity index (χ1) is 25.3. The van der Waals surface area contributed by atoms with Gasteiger partial charge in [-0.3, -0.25) is 9.59 Å². The monoisotopic (exact) mass is 739 g/mol. The minimum absolute atomic E-state index is 0.208. The third kappa shape index (κ3) is 25.0. The Balaban J connectivity index is 2.38. The molecule has 0 aromatic heterocycles. The number of ether oxygens (including phenoxy) is 4. The second kappa shape index (κ2) is 33.5. The number of carbonyl (C=O) groups excluding carboxylic acids is 2. The molecule has 10 nitrogen and oxygen atoms in total. The molecule has 1 aliphatic heterocycles. The maximum absolute atomic E-state index is 12.7. The molecule has 1 saturated heterocycles. The molecule has 0 spiro atoms. The summed E-state index contributed by atoms with van der Waals surface area (Å²) in [6, 6.07) is 0. The van der Waals surface area contributed by atoms with E-state index in [0.29, 0.717) is 6.42 Å². The lowest BCUT2D eigenvalue weighted by Gasteiger charge is -2.39. The van der Waals surface area contributed by atoms with Crippen LogP contribution >= 0.6 is 0 Å². The number of aliphatic hydroxyl groups is 4. The Morgan fingerprint density at radius 2 is 1.13 bits per heavy atom. The first-order valence-corrected chi connectivity index (χ1v) is 20.6. The molecule has 0 aromatic rings. The lowest BCUT2D eigenvalue weighted by atomic mass is 9.99. The number of aliphatic hydroxyl groups excluding tert-OH is 4. The largest absolute Gasteiger partial charge is 0.462 e. The number of allylic oxidation sites excluding steroid dienone is 6. The zero-order chi connectivity index (χ0) is 38.1. The van der Waals surface area contributed by atoms with Crippen LogP contribution in [0.5, 0.6) is 0 Å². The third-order valence-electron chi connectivity index (χ3n) is 9.35. The molecule has 0 amide bonds. The number of unbranched alkanes of at least 4 members (excludes halogenated alkanes) is 18. The van der Waals surface area contributed by atoms with E-state index in [1.54, 1.807) is 0 Å². The molecule has 0 aromatic carbocycles. The van der Waals surface area contributed by atoms with Gasteiger partial charge >= 0.3 is 11.9 Å². The number of esters is 2. The average Bonchev–Trinajstić information content (AvgIpc) is 3.14. The van der Waals surface area contributed by atoms with E-state index in [1.807, 2.05) is 18.2 Å². The Labute approximate surface area is 315 Å². The lowest BCUT2D eigenvalue weighted by Crippen LogP contribution is -2.59. The van der Waals surface area contributed by atoms with E-state index in [0.717, 1.165) is 57.8 Å². The van der Waals surface area contributed by atoms with Gasteiger partial charge in [0.25, 0.3) is 0 Å². The van der Waals surface area contributed by atoms with Crippen LogP contribution in [-0.4, -0.2) is 89.0 Å². The maximum Gasteiger partial charge on any atom is 0.306 e. The van der Waals surface area contributed by atoms with Gasteiger partial charge in [-0.15, -0.1) is 0 Å². The Bertz CT molecular complexity index is 949. The number of hydrogen-bond acceptors (Lipinski definition) is 10.